The minimum absolute atomic E-state index is 0.0959. The van der Waals surface area contributed by atoms with E-state index in [4.69, 9.17) is 0 Å². The van der Waals surface area contributed by atoms with Gasteiger partial charge in [0.25, 0.3) is 0 Å². The highest BCUT2D eigenvalue weighted by Crippen LogP contribution is 2.41. The summed E-state index contributed by atoms with van der Waals surface area (Å²) in [7, 11) is 0. The molecule has 1 saturated carbocycles. The van der Waals surface area contributed by atoms with E-state index in [1.807, 2.05) is 0 Å². The van der Waals surface area contributed by atoms with Gasteiger partial charge in [-0.25, -0.2) is 26.3 Å². The smallest absolute Gasteiger partial charge is 0.429 e. The first-order valence-electron chi connectivity index (χ1n) is 13.3. The van der Waals surface area contributed by atoms with Gasteiger partial charge in [0.1, 0.15) is 47.1 Å². The molecular weight excluding hydrogens is 540 g/mol. The Morgan fingerprint density at radius 3 is 2.15 bits per heavy atom. The Balaban J connectivity index is 1.81. The molecule has 1 nitrogen and oxygen atoms in total. The van der Waals surface area contributed by atoms with E-state index in [2.05, 4.69) is 18.2 Å². The first kappa shape index (κ1) is 31.4. The number of allylic oxidation sites excluding steroid dienone is 4. The summed E-state index contributed by atoms with van der Waals surface area (Å²) in [5.74, 6) is -7.70. The van der Waals surface area contributed by atoms with Crippen LogP contribution in [0.5, 0.6) is 0 Å². The van der Waals surface area contributed by atoms with E-state index in [9.17, 15) is 30.7 Å². The normalized spacial score (nSPS) is 18.6. The number of benzene rings is 2. The molecule has 40 heavy (non-hydrogen) atoms. The van der Waals surface area contributed by atoms with Crippen LogP contribution >= 0.6 is 0 Å². The molecule has 1 aliphatic rings. The summed E-state index contributed by atoms with van der Waals surface area (Å²) < 4.78 is 117. The van der Waals surface area contributed by atoms with Gasteiger partial charge in [-0.1, -0.05) is 51.3 Å². The lowest BCUT2D eigenvalue weighted by molar-refractivity contribution is -0.224. The van der Waals surface area contributed by atoms with Gasteiger partial charge in [-0.05, 0) is 66.8 Å². The molecule has 0 aromatic heterocycles. The summed E-state index contributed by atoms with van der Waals surface area (Å²) >= 11 is 0. The maximum absolute atomic E-state index is 15.1. The van der Waals surface area contributed by atoms with Gasteiger partial charge in [0.2, 0.25) is 0 Å². The third-order valence-electron chi connectivity index (χ3n) is 7.14. The van der Waals surface area contributed by atoms with Crippen LogP contribution in [0.15, 0.2) is 66.5 Å². The molecule has 0 unspecified atom stereocenters. The number of rotatable bonds is 12. The fourth-order valence-corrected chi connectivity index (χ4v) is 5.14. The third kappa shape index (κ3) is 8.21. The average Bonchev–Trinajstić information content (AvgIpc) is 2.87. The summed E-state index contributed by atoms with van der Waals surface area (Å²) in [6.07, 6.45) is 4.25. The minimum Gasteiger partial charge on any atom is -0.429 e. The summed E-state index contributed by atoms with van der Waals surface area (Å²) in [6, 6.07) is 5.38. The highest BCUT2D eigenvalue weighted by Gasteiger charge is 2.41. The van der Waals surface area contributed by atoms with Gasteiger partial charge < -0.3 is 4.74 Å². The van der Waals surface area contributed by atoms with E-state index in [0.29, 0.717) is 18.1 Å². The van der Waals surface area contributed by atoms with E-state index in [1.165, 1.54) is 37.8 Å². The lowest BCUT2D eigenvalue weighted by Gasteiger charge is -2.29. The minimum atomic E-state index is -4.77. The van der Waals surface area contributed by atoms with Crippen LogP contribution in [0.3, 0.4) is 0 Å². The van der Waals surface area contributed by atoms with Crippen LogP contribution in [0.2, 0.25) is 0 Å². The van der Waals surface area contributed by atoms with Gasteiger partial charge in [0.15, 0.2) is 0 Å². The first-order chi connectivity index (χ1) is 18.9. The molecule has 0 amide bonds. The summed E-state index contributed by atoms with van der Waals surface area (Å²) in [5, 5.41) is 0. The Morgan fingerprint density at radius 1 is 0.950 bits per heavy atom. The predicted molar refractivity (Wildman–Crippen MR) is 139 cm³/mol. The van der Waals surface area contributed by atoms with Gasteiger partial charge >= 0.3 is 6.11 Å². The molecule has 0 atom stereocenters. The molecule has 9 heteroatoms. The van der Waals surface area contributed by atoms with Crippen molar-refractivity contribution in [3.63, 3.8) is 0 Å². The van der Waals surface area contributed by atoms with Crippen molar-refractivity contribution in [2.75, 3.05) is 6.67 Å². The lowest BCUT2D eigenvalue weighted by atomic mass is 9.77. The maximum Gasteiger partial charge on any atom is 0.432 e. The second kappa shape index (κ2) is 14.0. The number of ether oxygens (including phenoxy) is 1. The third-order valence-corrected chi connectivity index (χ3v) is 7.14. The highest BCUT2D eigenvalue weighted by molar-refractivity contribution is 5.65. The molecule has 1 aliphatic carbocycles. The summed E-state index contributed by atoms with van der Waals surface area (Å²) in [5.41, 5.74) is -1.61. The van der Waals surface area contributed by atoms with Crippen LogP contribution in [0, 0.1) is 23.4 Å². The largest absolute Gasteiger partial charge is 0.432 e. The van der Waals surface area contributed by atoms with E-state index >= 15 is 4.39 Å². The topological polar surface area (TPSA) is 9.23 Å². The van der Waals surface area contributed by atoms with Gasteiger partial charge in [-0.3, -0.25) is 0 Å². The molecule has 1 fully saturated rings. The fraction of sp³-hybridized carbons (Fsp3) is 0.419. The molecule has 3 rings (SSSR count). The number of unbranched alkanes of at least 4 members (excludes halogenated alkanes) is 2. The maximum atomic E-state index is 15.1. The van der Waals surface area contributed by atoms with Crippen LogP contribution in [-0.4, -0.2) is 6.67 Å². The molecule has 0 bridgehead atoms. The Labute approximate surface area is 229 Å². The molecule has 0 radical (unpaired) electrons. The molecule has 218 valence electrons. The van der Waals surface area contributed by atoms with Crippen LogP contribution in [0.1, 0.15) is 75.3 Å². The van der Waals surface area contributed by atoms with Crippen molar-refractivity contribution in [3.8, 4) is 11.1 Å². The molecule has 0 N–H and O–H groups in total. The predicted octanol–water partition coefficient (Wildman–Crippen LogP) is 10.9. The van der Waals surface area contributed by atoms with Crippen molar-refractivity contribution in [2.45, 2.75) is 70.3 Å². The van der Waals surface area contributed by atoms with Gasteiger partial charge in [-0.15, -0.1) is 0 Å². The number of hydrogen-bond acceptors (Lipinski definition) is 1. The van der Waals surface area contributed by atoms with Crippen molar-refractivity contribution in [2.24, 2.45) is 5.92 Å². The lowest BCUT2D eigenvalue weighted by Crippen LogP contribution is -2.21. The number of alkyl halides is 3. The van der Waals surface area contributed by atoms with E-state index < -0.39 is 53.2 Å². The van der Waals surface area contributed by atoms with E-state index in [0.717, 1.165) is 31.2 Å². The van der Waals surface area contributed by atoms with Crippen molar-refractivity contribution in [1.82, 2.24) is 0 Å². The van der Waals surface area contributed by atoms with Crippen molar-refractivity contribution in [3.05, 3.63) is 95.1 Å². The zero-order valence-corrected chi connectivity index (χ0v) is 22.2. The molecule has 2 aromatic rings. The van der Waals surface area contributed by atoms with Crippen LogP contribution < -0.4 is 0 Å². The SMILES string of the molecule is C=C(F)/C=C(\C=C(\F)CF)OC(F)(F)c1c(F)cc(-c2ccc(C3CCC(CCCCC)CC3)cc2F)cc1F. The Kier molecular flexibility index (Phi) is 11.0. The summed E-state index contributed by atoms with van der Waals surface area (Å²) in [6.45, 7) is 3.22. The standard InChI is InChI=1S/C31H32F8O/c1-3-4-5-6-20-7-9-21(10-8-20)22-11-12-26(27(35)14-22)23-15-28(36)30(29(37)16-23)31(38,39)40-25(13-19(2)33)17-24(34)18-32/h11-17,20-21H,2-10,18H2,1H3/b24-17+,25-13+. The van der Waals surface area contributed by atoms with Crippen molar-refractivity contribution in [1.29, 1.82) is 0 Å². The average molecular weight is 573 g/mol. The van der Waals surface area contributed by atoms with Crippen LogP contribution in [-0.2, 0) is 10.8 Å². The van der Waals surface area contributed by atoms with Gasteiger partial charge in [-0.2, -0.15) is 8.78 Å². The quantitative estimate of drug-likeness (QED) is 0.106. The van der Waals surface area contributed by atoms with Crippen molar-refractivity contribution >= 4 is 0 Å². The Hall–Kier alpha value is -3.10. The van der Waals surface area contributed by atoms with Crippen LogP contribution in [0.25, 0.3) is 11.1 Å². The molecule has 0 aliphatic heterocycles. The highest BCUT2D eigenvalue weighted by atomic mass is 19.3. The number of halogens is 8. The van der Waals surface area contributed by atoms with Gasteiger partial charge in [0.05, 0.1) is 0 Å². The number of hydrogen-bond donors (Lipinski definition) is 0. The molecule has 0 saturated heterocycles. The van der Waals surface area contributed by atoms with Crippen molar-refractivity contribution < 1.29 is 39.9 Å². The Morgan fingerprint density at radius 2 is 1.60 bits per heavy atom. The zero-order chi connectivity index (χ0) is 29.4. The summed E-state index contributed by atoms with van der Waals surface area (Å²) in [4.78, 5) is 0. The Bertz CT molecular complexity index is 1220. The molecule has 2 aromatic carbocycles. The fourth-order valence-electron chi connectivity index (χ4n) is 5.14. The van der Waals surface area contributed by atoms with E-state index in [1.54, 1.807) is 6.07 Å². The molecule has 0 spiro atoms. The monoisotopic (exact) mass is 572 g/mol. The van der Waals surface area contributed by atoms with Gasteiger partial charge in [0, 0.05) is 17.7 Å². The molecule has 0 heterocycles. The second-order valence-corrected chi connectivity index (χ2v) is 10.1. The molecular formula is C31H32F8O. The first-order valence-corrected chi connectivity index (χ1v) is 13.3. The zero-order valence-electron chi connectivity index (χ0n) is 22.2. The van der Waals surface area contributed by atoms with Crippen LogP contribution in [0.4, 0.5) is 35.1 Å². The second-order valence-electron chi connectivity index (χ2n) is 10.1. The van der Waals surface area contributed by atoms with E-state index in [-0.39, 0.29) is 29.2 Å².